The SMILES string of the molecule is O=C1CCc2cc([C@H](O)CN3CCC(O)(c4cccc(F)c4)CC3)ccc2N1. The van der Waals surface area contributed by atoms with Crippen LogP contribution in [0.25, 0.3) is 0 Å². The highest BCUT2D eigenvalue weighted by Gasteiger charge is 2.34. The van der Waals surface area contributed by atoms with E-state index in [-0.39, 0.29) is 11.7 Å². The highest BCUT2D eigenvalue weighted by Crippen LogP contribution is 2.34. The van der Waals surface area contributed by atoms with Gasteiger partial charge < -0.3 is 20.4 Å². The number of aliphatic hydroxyl groups excluding tert-OH is 1. The van der Waals surface area contributed by atoms with Crippen LogP contribution in [0.5, 0.6) is 0 Å². The Labute approximate surface area is 163 Å². The van der Waals surface area contributed by atoms with Crippen LogP contribution in [-0.2, 0) is 16.8 Å². The van der Waals surface area contributed by atoms with Gasteiger partial charge in [-0.3, -0.25) is 4.79 Å². The van der Waals surface area contributed by atoms with Crippen molar-refractivity contribution in [3.05, 3.63) is 65.0 Å². The van der Waals surface area contributed by atoms with Gasteiger partial charge in [-0.05, 0) is 54.2 Å². The number of nitrogens with zero attached hydrogens (tertiary/aromatic N) is 1. The number of carbonyl (C=O) groups excluding carboxylic acids is 1. The minimum absolute atomic E-state index is 0.0277. The molecule has 0 bridgehead atoms. The number of β-amino-alcohol motifs (C(OH)–C–C–N with tert-alkyl or cyclic N) is 1. The quantitative estimate of drug-likeness (QED) is 0.758. The minimum atomic E-state index is -1.02. The third-order valence-electron chi connectivity index (χ3n) is 5.89. The molecule has 0 aromatic heterocycles. The molecule has 0 aliphatic carbocycles. The van der Waals surface area contributed by atoms with Gasteiger partial charge in [0.2, 0.25) is 5.91 Å². The summed E-state index contributed by atoms with van der Waals surface area (Å²) >= 11 is 0. The lowest BCUT2D eigenvalue weighted by atomic mass is 9.84. The van der Waals surface area contributed by atoms with E-state index in [2.05, 4.69) is 10.2 Å². The molecule has 2 aromatic rings. The second-order valence-electron chi connectivity index (χ2n) is 7.82. The fourth-order valence-electron chi connectivity index (χ4n) is 4.13. The largest absolute Gasteiger partial charge is 0.387 e. The Morgan fingerprint density at radius 1 is 1.14 bits per heavy atom. The van der Waals surface area contributed by atoms with Crippen molar-refractivity contribution in [2.75, 3.05) is 25.0 Å². The summed E-state index contributed by atoms with van der Waals surface area (Å²) in [5.41, 5.74) is 2.30. The average molecular weight is 384 g/mol. The third kappa shape index (κ3) is 3.94. The summed E-state index contributed by atoms with van der Waals surface area (Å²) in [6.45, 7) is 1.74. The van der Waals surface area contributed by atoms with E-state index >= 15 is 0 Å². The van der Waals surface area contributed by atoms with Crippen LogP contribution in [0.3, 0.4) is 0 Å². The van der Waals surface area contributed by atoms with Crippen molar-refractivity contribution in [1.29, 1.82) is 0 Å². The van der Waals surface area contributed by atoms with E-state index in [1.54, 1.807) is 12.1 Å². The Morgan fingerprint density at radius 3 is 2.68 bits per heavy atom. The smallest absolute Gasteiger partial charge is 0.224 e. The van der Waals surface area contributed by atoms with E-state index in [9.17, 15) is 19.4 Å². The molecule has 2 aliphatic heterocycles. The molecule has 1 amide bonds. The summed E-state index contributed by atoms with van der Waals surface area (Å²) in [5.74, 6) is -0.313. The van der Waals surface area contributed by atoms with Crippen molar-refractivity contribution < 1.29 is 19.4 Å². The molecule has 28 heavy (non-hydrogen) atoms. The number of aryl methyl sites for hydroxylation is 1. The molecule has 2 heterocycles. The van der Waals surface area contributed by atoms with Crippen LogP contribution in [0.4, 0.5) is 10.1 Å². The summed E-state index contributed by atoms with van der Waals surface area (Å²) in [5, 5.41) is 24.4. The van der Waals surface area contributed by atoms with Crippen LogP contribution in [0.1, 0.15) is 42.1 Å². The van der Waals surface area contributed by atoms with Gasteiger partial charge in [-0.1, -0.05) is 24.3 Å². The number of fused-ring (bicyclic) bond motifs is 1. The van der Waals surface area contributed by atoms with E-state index in [4.69, 9.17) is 0 Å². The van der Waals surface area contributed by atoms with Crippen LogP contribution in [-0.4, -0.2) is 40.7 Å². The monoisotopic (exact) mass is 384 g/mol. The second-order valence-corrected chi connectivity index (χ2v) is 7.82. The van der Waals surface area contributed by atoms with Gasteiger partial charge in [-0.2, -0.15) is 0 Å². The summed E-state index contributed by atoms with van der Waals surface area (Å²) in [7, 11) is 0. The molecule has 0 spiro atoms. The molecule has 1 fully saturated rings. The Kier molecular flexibility index (Phi) is 5.19. The third-order valence-corrected chi connectivity index (χ3v) is 5.89. The predicted octanol–water partition coefficient (Wildman–Crippen LogP) is 2.73. The number of nitrogens with one attached hydrogen (secondary N) is 1. The lowest BCUT2D eigenvalue weighted by Crippen LogP contribution is -2.44. The molecule has 1 saturated heterocycles. The Balaban J connectivity index is 1.38. The molecule has 5 nitrogen and oxygen atoms in total. The lowest BCUT2D eigenvalue weighted by molar-refractivity contribution is -0.116. The number of carbonyl (C=O) groups is 1. The Hall–Kier alpha value is -2.28. The van der Waals surface area contributed by atoms with Crippen molar-refractivity contribution in [1.82, 2.24) is 4.90 Å². The molecule has 2 aliphatic rings. The van der Waals surface area contributed by atoms with Gasteiger partial charge in [-0.25, -0.2) is 4.39 Å². The summed E-state index contributed by atoms with van der Waals surface area (Å²) < 4.78 is 13.5. The van der Waals surface area contributed by atoms with Gasteiger partial charge in [0, 0.05) is 31.7 Å². The van der Waals surface area contributed by atoms with E-state index in [1.165, 1.54) is 12.1 Å². The van der Waals surface area contributed by atoms with Gasteiger partial charge in [0.15, 0.2) is 0 Å². The van der Waals surface area contributed by atoms with E-state index in [0.29, 0.717) is 50.9 Å². The standard InChI is InChI=1S/C22H25FN2O3/c23-18-3-1-2-17(13-18)22(28)8-10-25(11-9-22)14-20(26)16-4-6-19-15(12-16)5-7-21(27)24-19/h1-4,6,12-13,20,26,28H,5,7-11,14H2,(H,24,27)/t20-/m1/s1. The first-order chi connectivity index (χ1) is 13.4. The Morgan fingerprint density at radius 2 is 1.93 bits per heavy atom. The zero-order valence-corrected chi connectivity index (χ0v) is 15.7. The molecule has 0 radical (unpaired) electrons. The van der Waals surface area contributed by atoms with Crippen molar-refractivity contribution in [3.63, 3.8) is 0 Å². The van der Waals surface area contributed by atoms with Crippen LogP contribution >= 0.6 is 0 Å². The van der Waals surface area contributed by atoms with Crippen LogP contribution in [0.2, 0.25) is 0 Å². The first kappa shape index (κ1) is 19.1. The number of amides is 1. The molecule has 4 rings (SSSR count). The second kappa shape index (κ2) is 7.62. The maximum Gasteiger partial charge on any atom is 0.224 e. The fourth-order valence-corrected chi connectivity index (χ4v) is 4.13. The van der Waals surface area contributed by atoms with Gasteiger partial charge >= 0.3 is 0 Å². The highest BCUT2D eigenvalue weighted by molar-refractivity contribution is 5.93. The molecule has 3 N–H and O–H groups in total. The topological polar surface area (TPSA) is 72.8 Å². The number of piperidine rings is 1. The van der Waals surface area contributed by atoms with Gasteiger partial charge in [0.25, 0.3) is 0 Å². The summed E-state index contributed by atoms with van der Waals surface area (Å²) in [6, 6.07) is 11.8. The maximum atomic E-state index is 13.5. The molecular formula is C22H25FN2O3. The number of hydrogen-bond acceptors (Lipinski definition) is 4. The number of benzene rings is 2. The highest BCUT2D eigenvalue weighted by atomic mass is 19.1. The van der Waals surface area contributed by atoms with Crippen molar-refractivity contribution in [3.8, 4) is 0 Å². The van der Waals surface area contributed by atoms with E-state index < -0.39 is 11.7 Å². The summed E-state index contributed by atoms with van der Waals surface area (Å²) in [4.78, 5) is 13.6. The molecule has 6 heteroatoms. The van der Waals surface area contributed by atoms with Crippen LogP contribution in [0, 0.1) is 5.82 Å². The zero-order chi connectivity index (χ0) is 19.7. The molecule has 148 valence electrons. The number of rotatable bonds is 4. The normalized spacial score (nSPS) is 20.3. The molecule has 1 atom stereocenters. The van der Waals surface area contributed by atoms with Crippen molar-refractivity contribution >= 4 is 11.6 Å². The molecule has 2 aromatic carbocycles. The number of likely N-dealkylation sites (tertiary alicyclic amines) is 1. The maximum absolute atomic E-state index is 13.5. The lowest BCUT2D eigenvalue weighted by Gasteiger charge is -2.39. The zero-order valence-electron chi connectivity index (χ0n) is 15.7. The minimum Gasteiger partial charge on any atom is -0.387 e. The number of anilines is 1. The van der Waals surface area contributed by atoms with Gasteiger partial charge in [-0.15, -0.1) is 0 Å². The number of halogens is 1. The predicted molar refractivity (Wildman–Crippen MR) is 104 cm³/mol. The van der Waals surface area contributed by atoms with Gasteiger partial charge in [0.05, 0.1) is 11.7 Å². The summed E-state index contributed by atoms with van der Waals surface area (Å²) in [6.07, 6.45) is 1.52. The molecule has 0 unspecified atom stereocenters. The van der Waals surface area contributed by atoms with Crippen LogP contribution in [0.15, 0.2) is 42.5 Å². The molecular weight excluding hydrogens is 359 g/mol. The first-order valence-electron chi connectivity index (χ1n) is 9.74. The number of hydrogen-bond donors (Lipinski definition) is 3. The van der Waals surface area contributed by atoms with Gasteiger partial charge in [0.1, 0.15) is 5.82 Å². The van der Waals surface area contributed by atoms with E-state index in [1.807, 2.05) is 18.2 Å². The van der Waals surface area contributed by atoms with Crippen LogP contribution < -0.4 is 5.32 Å². The van der Waals surface area contributed by atoms with Crippen molar-refractivity contribution in [2.24, 2.45) is 0 Å². The average Bonchev–Trinajstić information content (AvgIpc) is 2.69. The molecule has 0 saturated carbocycles. The number of aliphatic hydroxyl groups is 2. The van der Waals surface area contributed by atoms with Crippen molar-refractivity contribution in [2.45, 2.75) is 37.4 Å². The Bertz CT molecular complexity index is 878. The first-order valence-corrected chi connectivity index (χ1v) is 9.74. The van der Waals surface area contributed by atoms with E-state index in [0.717, 1.165) is 16.8 Å². The fraction of sp³-hybridized carbons (Fsp3) is 0.409.